The molecule has 0 spiro atoms. The summed E-state index contributed by atoms with van der Waals surface area (Å²) in [5.74, 6) is 0.883. The molecule has 1 aromatic carbocycles. The van der Waals surface area contributed by atoms with Crippen LogP contribution in [-0.2, 0) is 6.42 Å². The fourth-order valence-corrected chi connectivity index (χ4v) is 4.31. The number of aromatic nitrogens is 3. The van der Waals surface area contributed by atoms with Crippen LogP contribution in [0.1, 0.15) is 19.2 Å². The van der Waals surface area contributed by atoms with Gasteiger partial charge in [-0.1, -0.05) is 6.92 Å². The largest absolute Gasteiger partial charge is 0.508 e. The SMILES string of the molecule is CCCc1nc2c(sc3nccc(N(C)C)c32)c(=O)n1-c1ccc(O)cc1. The monoisotopic (exact) mass is 380 g/mol. The van der Waals surface area contributed by atoms with Gasteiger partial charge in [-0.25, -0.2) is 9.97 Å². The zero-order valence-corrected chi connectivity index (χ0v) is 16.2. The zero-order chi connectivity index (χ0) is 19.1. The molecule has 0 aliphatic rings. The van der Waals surface area contributed by atoms with Crippen molar-refractivity contribution in [2.24, 2.45) is 0 Å². The molecule has 3 heterocycles. The number of fused-ring (bicyclic) bond motifs is 3. The van der Waals surface area contributed by atoms with E-state index < -0.39 is 0 Å². The summed E-state index contributed by atoms with van der Waals surface area (Å²) in [4.78, 5) is 25.6. The van der Waals surface area contributed by atoms with E-state index in [1.54, 1.807) is 35.0 Å². The molecule has 7 heteroatoms. The summed E-state index contributed by atoms with van der Waals surface area (Å²) in [6, 6.07) is 8.58. The molecule has 0 atom stereocenters. The van der Waals surface area contributed by atoms with E-state index in [2.05, 4.69) is 11.9 Å². The van der Waals surface area contributed by atoms with Crippen LogP contribution in [0.4, 0.5) is 5.69 Å². The van der Waals surface area contributed by atoms with E-state index >= 15 is 0 Å². The molecule has 6 nitrogen and oxygen atoms in total. The third kappa shape index (κ3) is 2.84. The Morgan fingerprint density at radius 2 is 1.93 bits per heavy atom. The van der Waals surface area contributed by atoms with Gasteiger partial charge < -0.3 is 10.0 Å². The van der Waals surface area contributed by atoms with Crippen molar-refractivity contribution in [3.05, 3.63) is 52.7 Å². The van der Waals surface area contributed by atoms with Gasteiger partial charge in [0, 0.05) is 26.7 Å². The highest BCUT2D eigenvalue weighted by atomic mass is 32.1. The molecule has 4 aromatic rings. The molecule has 1 N–H and O–H groups in total. The zero-order valence-electron chi connectivity index (χ0n) is 15.4. The minimum atomic E-state index is -0.0955. The van der Waals surface area contributed by atoms with Gasteiger partial charge in [0.15, 0.2) is 0 Å². The molecule has 138 valence electrons. The lowest BCUT2D eigenvalue weighted by atomic mass is 10.2. The highest BCUT2D eigenvalue weighted by molar-refractivity contribution is 7.25. The highest BCUT2D eigenvalue weighted by Crippen LogP contribution is 2.35. The van der Waals surface area contributed by atoms with Crippen molar-refractivity contribution in [2.75, 3.05) is 19.0 Å². The van der Waals surface area contributed by atoms with E-state index in [0.717, 1.165) is 27.8 Å². The topological polar surface area (TPSA) is 71.2 Å². The molecule has 0 saturated heterocycles. The maximum atomic E-state index is 13.4. The normalized spacial score (nSPS) is 11.4. The molecule has 0 radical (unpaired) electrons. The molecule has 3 aromatic heterocycles. The molecular weight excluding hydrogens is 360 g/mol. The average molecular weight is 380 g/mol. The second-order valence-corrected chi connectivity index (χ2v) is 7.62. The van der Waals surface area contributed by atoms with Crippen LogP contribution in [0.25, 0.3) is 26.1 Å². The summed E-state index contributed by atoms with van der Waals surface area (Å²) in [7, 11) is 3.95. The summed E-state index contributed by atoms with van der Waals surface area (Å²) < 4.78 is 2.25. The van der Waals surface area contributed by atoms with Crippen LogP contribution in [0.5, 0.6) is 5.75 Å². The first-order chi connectivity index (χ1) is 13.0. The first-order valence-corrected chi connectivity index (χ1v) is 9.62. The van der Waals surface area contributed by atoms with E-state index in [1.165, 1.54) is 11.3 Å². The molecule has 0 aliphatic carbocycles. The maximum absolute atomic E-state index is 13.4. The van der Waals surface area contributed by atoms with E-state index in [0.29, 0.717) is 22.6 Å². The van der Waals surface area contributed by atoms with Crippen molar-refractivity contribution in [3.8, 4) is 11.4 Å². The quantitative estimate of drug-likeness (QED) is 0.584. The predicted molar refractivity (Wildman–Crippen MR) is 111 cm³/mol. The van der Waals surface area contributed by atoms with Gasteiger partial charge in [0.2, 0.25) is 0 Å². The molecule has 0 unspecified atom stereocenters. The summed E-state index contributed by atoms with van der Waals surface area (Å²) in [6.45, 7) is 2.07. The molecule has 0 fully saturated rings. The van der Waals surface area contributed by atoms with E-state index in [9.17, 15) is 9.90 Å². The van der Waals surface area contributed by atoms with Gasteiger partial charge >= 0.3 is 0 Å². The molecule has 0 amide bonds. The Morgan fingerprint density at radius 1 is 1.19 bits per heavy atom. The van der Waals surface area contributed by atoms with Crippen molar-refractivity contribution < 1.29 is 5.11 Å². The smallest absolute Gasteiger partial charge is 0.276 e. The number of benzene rings is 1. The lowest BCUT2D eigenvalue weighted by Gasteiger charge is -2.14. The molecule has 27 heavy (non-hydrogen) atoms. The lowest BCUT2D eigenvalue weighted by molar-refractivity contribution is 0.475. The molecule has 0 saturated carbocycles. The molecule has 0 bridgehead atoms. The Labute approximate surface area is 160 Å². The van der Waals surface area contributed by atoms with Gasteiger partial charge in [-0.15, -0.1) is 11.3 Å². The standard InChI is InChI=1S/C20H20N4O2S/c1-4-5-15-22-17-16-14(23(2)3)10-11-21-19(16)27-18(17)20(26)24(15)12-6-8-13(25)9-7-12/h6-11,25H,4-5H2,1-3H3. The summed E-state index contributed by atoms with van der Waals surface area (Å²) in [6.07, 6.45) is 3.32. The third-order valence-corrected chi connectivity index (χ3v) is 5.58. The van der Waals surface area contributed by atoms with Gasteiger partial charge in [-0.3, -0.25) is 9.36 Å². The number of phenolic OH excluding ortho intramolecular Hbond substituents is 1. The van der Waals surface area contributed by atoms with Crippen molar-refractivity contribution in [1.82, 2.24) is 14.5 Å². The van der Waals surface area contributed by atoms with E-state index in [4.69, 9.17) is 4.98 Å². The van der Waals surface area contributed by atoms with Crippen LogP contribution in [0.15, 0.2) is 41.3 Å². The van der Waals surface area contributed by atoms with Crippen molar-refractivity contribution in [3.63, 3.8) is 0 Å². The first kappa shape index (κ1) is 17.5. The van der Waals surface area contributed by atoms with Gasteiger partial charge in [-0.05, 0) is 36.8 Å². The van der Waals surface area contributed by atoms with Gasteiger partial charge in [0.25, 0.3) is 5.56 Å². The van der Waals surface area contributed by atoms with Crippen LogP contribution >= 0.6 is 11.3 Å². The molecular formula is C20H20N4O2S. The summed E-state index contributed by atoms with van der Waals surface area (Å²) in [5.41, 5.74) is 2.33. The second-order valence-electron chi connectivity index (χ2n) is 6.62. The molecule has 0 aliphatic heterocycles. The Balaban J connectivity index is 2.11. The van der Waals surface area contributed by atoms with Crippen molar-refractivity contribution >= 4 is 37.5 Å². The Bertz CT molecular complexity index is 1190. The number of nitrogens with zero attached hydrogens (tertiary/aromatic N) is 4. The lowest BCUT2D eigenvalue weighted by Crippen LogP contribution is -2.23. The molecule has 4 rings (SSSR count). The van der Waals surface area contributed by atoms with Gasteiger partial charge in [-0.2, -0.15) is 0 Å². The van der Waals surface area contributed by atoms with Crippen LogP contribution in [0.2, 0.25) is 0 Å². The number of pyridine rings is 1. The number of phenols is 1. The fourth-order valence-electron chi connectivity index (χ4n) is 3.27. The predicted octanol–water partition coefficient (Wildman–Crippen LogP) is 3.72. The van der Waals surface area contributed by atoms with Crippen LogP contribution < -0.4 is 10.5 Å². The second kappa shape index (κ2) is 6.66. The third-order valence-electron chi connectivity index (χ3n) is 4.50. The van der Waals surface area contributed by atoms with Gasteiger partial charge in [0.05, 0.1) is 16.8 Å². The number of hydrogen-bond donors (Lipinski definition) is 1. The number of thiophene rings is 1. The van der Waals surface area contributed by atoms with Crippen LogP contribution in [0.3, 0.4) is 0 Å². The Hall–Kier alpha value is -2.93. The van der Waals surface area contributed by atoms with Crippen molar-refractivity contribution in [2.45, 2.75) is 19.8 Å². The Kier molecular flexibility index (Phi) is 4.31. The first-order valence-electron chi connectivity index (χ1n) is 8.81. The number of anilines is 1. The van der Waals surface area contributed by atoms with Gasteiger partial charge in [0.1, 0.15) is 26.6 Å². The summed E-state index contributed by atoms with van der Waals surface area (Å²) in [5, 5.41) is 10.5. The maximum Gasteiger partial charge on any atom is 0.276 e. The minimum Gasteiger partial charge on any atom is -0.508 e. The van der Waals surface area contributed by atoms with Crippen molar-refractivity contribution in [1.29, 1.82) is 0 Å². The van der Waals surface area contributed by atoms with Crippen LogP contribution in [-0.4, -0.2) is 33.7 Å². The number of rotatable bonds is 4. The minimum absolute atomic E-state index is 0.0955. The number of aryl methyl sites for hydroxylation is 1. The number of aromatic hydroxyl groups is 1. The van der Waals surface area contributed by atoms with E-state index in [1.807, 2.05) is 25.1 Å². The Morgan fingerprint density at radius 3 is 2.59 bits per heavy atom. The van der Waals surface area contributed by atoms with Crippen LogP contribution in [0, 0.1) is 0 Å². The average Bonchev–Trinajstić information content (AvgIpc) is 3.02. The number of hydrogen-bond acceptors (Lipinski definition) is 6. The van der Waals surface area contributed by atoms with E-state index in [-0.39, 0.29) is 11.3 Å². The highest BCUT2D eigenvalue weighted by Gasteiger charge is 2.19. The summed E-state index contributed by atoms with van der Waals surface area (Å²) >= 11 is 1.38. The fraction of sp³-hybridized carbons (Fsp3) is 0.250.